The maximum atomic E-state index is 11.6. The van der Waals surface area contributed by atoms with Crippen LogP contribution < -0.4 is 4.74 Å². The Morgan fingerprint density at radius 1 is 1.32 bits per heavy atom. The second-order valence-corrected chi connectivity index (χ2v) is 6.07. The average Bonchev–Trinajstić information content (AvgIpc) is 3.08. The fraction of sp³-hybridized carbons (Fsp3) is 0.400. The van der Waals surface area contributed by atoms with Gasteiger partial charge >= 0.3 is 5.97 Å². The molecule has 0 radical (unpaired) electrons. The van der Waals surface area contributed by atoms with E-state index in [1.807, 2.05) is 38.1 Å². The minimum Gasteiger partial charge on any atom is -0.494 e. The Hall–Kier alpha value is -2.02. The number of carbonyl (C=O) groups is 1. The highest BCUT2D eigenvalue weighted by Gasteiger charge is 2.34. The Kier molecular flexibility index (Phi) is 4.33. The van der Waals surface area contributed by atoms with Crippen molar-refractivity contribution in [3.05, 3.63) is 24.3 Å². The Morgan fingerprint density at radius 2 is 2.09 bits per heavy atom. The van der Waals surface area contributed by atoms with Gasteiger partial charge in [-0.1, -0.05) is 0 Å². The van der Waals surface area contributed by atoms with Gasteiger partial charge < -0.3 is 13.9 Å². The van der Waals surface area contributed by atoms with Gasteiger partial charge in [0, 0.05) is 12.0 Å². The first kappa shape index (κ1) is 14.9. The number of thioether (sulfide) groups is 1. The van der Waals surface area contributed by atoms with Crippen LogP contribution in [0.5, 0.6) is 5.75 Å². The van der Waals surface area contributed by atoms with Crippen LogP contribution in [-0.4, -0.2) is 34.1 Å². The summed E-state index contributed by atoms with van der Waals surface area (Å²) in [5.41, 5.74) is 0.810. The second-order valence-electron chi connectivity index (χ2n) is 4.92. The van der Waals surface area contributed by atoms with Crippen LogP contribution in [0.4, 0.5) is 0 Å². The van der Waals surface area contributed by atoms with E-state index in [2.05, 4.69) is 10.2 Å². The molecule has 1 aromatic heterocycles. The molecule has 22 heavy (non-hydrogen) atoms. The molecule has 2 aromatic rings. The Balaban J connectivity index is 1.69. The fourth-order valence-electron chi connectivity index (χ4n) is 2.17. The van der Waals surface area contributed by atoms with Crippen LogP contribution in [0.3, 0.4) is 0 Å². The van der Waals surface area contributed by atoms with E-state index < -0.39 is 0 Å². The minimum atomic E-state index is -0.274. The van der Waals surface area contributed by atoms with Gasteiger partial charge in [0.1, 0.15) is 17.1 Å². The van der Waals surface area contributed by atoms with E-state index in [4.69, 9.17) is 13.9 Å². The predicted molar refractivity (Wildman–Crippen MR) is 80.7 cm³/mol. The van der Waals surface area contributed by atoms with Crippen LogP contribution in [-0.2, 0) is 9.53 Å². The lowest BCUT2D eigenvalue weighted by atomic mass is 10.2. The molecule has 0 aliphatic carbocycles. The summed E-state index contributed by atoms with van der Waals surface area (Å²) >= 11 is 1.25. The molecule has 7 heteroatoms. The molecule has 1 saturated heterocycles. The van der Waals surface area contributed by atoms with E-state index in [0.717, 1.165) is 11.3 Å². The van der Waals surface area contributed by atoms with Crippen LogP contribution in [0.25, 0.3) is 11.5 Å². The summed E-state index contributed by atoms with van der Waals surface area (Å²) < 4.78 is 16.1. The third kappa shape index (κ3) is 3.24. The van der Waals surface area contributed by atoms with Crippen molar-refractivity contribution in [2.75, 3.05) is 6.61 Å². The van der Waals surface area contributed by atoms with Gasteiger partial charge in [-0.25, -0.2) is 0 Å². The van der Waals surface area contributed by atoms with Gasteiger partial charge in [0.25, 0.3) is 5.22 Å². The van der Waals surface area contributed by atoms with Gasteiger partial charge in [0.15, 0.2) is 0 Å². The number of nitrogens with zero attached hydrogens (tertiary/aromatic N) is 2. The largest absolute Gasteiger partial charge is 0.494 e. The number of hydrogen-bond donors (Lipinski definition) is 0. The second kappa shape index (κ2) is 6.39. The van der Waals surface area contributed by atoms with E-state index in [1.54, 1.807) is 0 Å². The molecular weight excluding hydrogens is 304 g/mol. The van der Waals surface area contributed by atoms with Crippen LogP contribution in [0.15, 0.2) is 33.9 Å². The molecule has 0 amide bonds. The van der Waals surface area contributed by atoms with Crippen molar-refractivity contribution in [1.82, 2.24) is 10.2 Å². The van der Waals surface area contributed by atoms with Crippen molar-refractivity contribution in [3.8, 4) is 17.2 Å². The molecule has 1 aliphatic heterocycles. The highest BCUT2D eigenvalue weighted by Crippen LogP contribution is 2.32. The summed E-state index contributed by atoms with van der Waals surface area (Å²) in [5.74, 6) is 0.992. The molecule has 0 N–H and O–H groups in total. The summed E-state index contributed by atoms with van der Waals surface area (Å²) in [5, 5.41) is 8.10. The lowest BCUT2D eigenvalue weighted by Crippen LogP contribution is -2.09. The van der Waals surface area contributed by atoms with Crippen LogP contribution in [0, 0.1) is 0 Å². The van der Waals surface area contributed by atoms with Crippen molar-refractivity contribution in [2.24, 2.45) is 0 Å². The molecule has 2 atom stereocenters. The zero-order chi connectivity index (χ0) is 15.5. The van der Waals surface area contributed by atoms with Crippen LogP contribution in [0.2, 0.25) is 0 Å². The standard InChI is InChI=1S/C15H16N2O4S/c1-3-19-11-6-4-10(5-7-11)13-16-17-15(21-13)22-12-8-9(2)20-14(12)18/h4-7,9,12H,3,8H2,1-2H3/t9-,12+/m1/s1. The maximum Gasteiger partial charge on any atom is 0.320 e. The topological polar surface area (TPSA) is 74.5 Å². The zero-order valence-corrected chi connectivity index (χ0v) is 13.1. The molecule has 2 heterocycles. The smallest absolute Gasteiger partial charge is 0.320 e. The van der Waals surface area contributed by atoms with E-state index in [9.17, 15) is 4.79 Å². The molecule has 3 rings (SSSR count). The van der Waals surface area contributed by atoms with Crippen LogP contribution >= 0.6 is 11.8 Å². The summed E-state index contributed by atoms with van der Waals surface area (Å²) in [4.78, 5) is 11.6. The van der Waals surface area contributed by atoms with E-state index in [1.165, 1.54) is 11.8 Å². The van der Waals surface area contributed by atoms with Gasteiger partial charge in [0.2, 0.25) is 5.89 Å². The van der Waals surface area contributed by atoms with Crippen molar-refractivity contribution in [3.63, 3.8) is 0 Å². The summed E-state index contributed by atoms with van der Waals surface area (Å²) in [6, 6.07) is 7.43. The Bertz CT molecular complexity index is 656. The summed E-state index contributed by atoms with van der Waals surface area (Å²) in [6.45, 7) is 4.43. The normalized spacial score (nSPS) is 20.9. The number of aromatic nitrogens is 2. The van der Waals surface area contributed by atoms with Crippen molar-refractivity contribution in [2.45, 2.75) is 36.8 Å². The number of hydrogen-bond acceptors (Lipinski definition) is 7. The Morgan fingerprint density at radius 3 is 2.73 bits per heavy atom. The monoisotopic (exact) mass is 320 g/mol. The average molecular weight is 320 g/mol. The zero-order valence-electron chi connectivity index (χ0n) is 12.3. The fourth-order valence-corrected chi connectivity index (χ4v) is 3.15. The van der Waals surface area contributed by atoms with Gasteiger partial charge in [-0.05, 0) is 49.9 Å². The van der Waals surface area contributed by atoms with Gasteiger partial charge in [0.05, 0.1) is 6.61 Å². The van der Waals surface area contributed by atoms with E-state index in [-0.39, 0.29) is 17.3 Å². The molecule has 0 bridgehead atoms. The first-order chi connectivity index (χ1) is 10.7. The summed E-state index contributed by atoms with van der Waals surface area (Å²) in [6.07, 6.45) is 0.600. The molecular formula is C15H16N2O4S. The van der Waals surface area contributed by atoms with E-state index >= 15 is 0 Å². The molecule has 1 aromatic carbocycles. The molecule has 1 aliphatic rings. The predicted octanol–water partition coefficient (Wildman–Crippen LogP) is 2.93. The Labute approximate surface area is 132 Å². The number of carbonyl (C=O) groups excluding carboxylic acids is 1. The number of benzene rings is 1. The lowest BCUT2D eigenvalue weighted by Gasteiger charge is -2.02. The number of rotatable bonds is 5. The third-order valence-electron chi connectivity index (χ3n) is 3.19. The first-order valence-electron chi connectivity index (χ1n) is 7.09. The number of cyclic esters (lactones) is 1. The quantitative estimate of drug-likeness (QED) is 0.784. The molecule has 6 nitrogen and oxygen atoms in total. The maximum absolute atomic E-state index is 11.6. The molecule has 0 unspecified atom stereocenters. The van der Waals surface area contributed by atoms with Gasteiger partial charge in [-0.15, -0.1) is 10.2 Å². The summed E-state index contributed by atoms with van der Waals surface area (Å²) in [7, 11) is 0. The van der Waals surface area contributed by atoms with E-state index in [0.29, 0.717) is 24.1 Å². The minimum absolute atomic E-state index is 0.0569. The highest BCUT2D eigenvalue weighted by atomic mass is 32.2. The lowest BCUT2D eigenvalue weighted by molar-refractivity contribution is -0.140. The van der Waals surface area contributed by atoms with Crippen molar-refractivity contribution >= 4 is 17.7 Å². The third-order valence-corrected chi connectivity index (χ3v) is 4.22. The van der Waals surface area contributed by atoms with Gasteiger partial charge in [-0.3, -0.25) is 4.79 Å². The molecule has 116 valence electrons. The van der Waals surface area contributed by atoms with Crippen LogP contribution in [0.1, 0.15) is 20.3 Å². The number of esters is 1. The van der Waals surface area contributed by atoms with Crippen molar-refractivity contribution in [1.29, 1.82) is 0 Å². The number of ether oxygens (including phenoxy) is 2. The molecule has 1 fully saturated rings. The SMILES string of the molecule is CCOc1ccc(-c2nnc(S[C@H]3C[C@@H](C)OC3=O)o2)cc1. The van der Waals surface area contributed by atoms with Crippen molar-refractivity contribution < 1.29 is 18.7 Å². The highest BCUT2D eigenvalue weighted by molar-refractivity contribution is 8.00. The first-order valence-corrected chi connectivity index (χ1v) is 7.97. The van der Waals surface area contributed by atoms with Gasteiger partial charge in [-0.2, -0.15) is 0 Å². The molecule has 0 saturated carbocycles. The molecule has 0 spiro atoms.